The maximum absolute atomic E-state index is 11.6. The molecule has 1 aromatic carbocycles. The van der Waals surface area contributed by atoms with Crippen LogP contribution in [0.3, 0.4) is 0 Å². The lowest BCUT2D eigenvalue weighted by Crippen LogP contribution is -2.43. The Kier molecular flexibility index (Phi) is 8.04. The van der Waals surface area contributed by atoms with Crippen LogP contribution in [0.25, 0.3) is 0 Å². The van der Waals surface area contributed by atoms with Gasteiger partial charge in [0.15, 0.2) is 0 Å². The number of rotatable bonds is 11. The molecule has 0 radical (unpaired) electrons. The van der Waals surface area contributed by atoms with Crippen molar-refractivity contribution in [3.8, 4) is 0 Å². The van der Waals surface area contributed by atoms with Gasteiger partial charge in [-0.2, -0.15) is 0 Å². The molecule has 148 valence electrons. The number of anilines is 1. The zero-order valence-electron chi connectivity index (χ0n) is 17.2. The number of imidazole rings is 1. The van der Waals surface area contributed by atoms with Crippen molar-refractivity contribution in [2.24, 2.45) is 0 Å². The van der Waals surface area contributed by atoms with Gasteiger partial charge in [-0.1, -0.05) is 38.8 Å². The summed E-state index contributed by atoms with van der Waals surface area (Å²) in [6, 6.07) is 8.49. The highest BCUT2D eigenvalue weighted by Gasteiger charge is 2.29. The van der Waals surface area contributed by atoms with E-state index in [1.807, 2.05) is 25.8 Å². The number of hydrogen-bond donors (Lipinski definition) is 1. The van der Waals surface area contributed by atoms with Crippen molar-refractivity contribution < 1.29 is 4.79 Å². The van der Waals surface area contributed by atoms with Crippen molar-refractivity contribution in [2.45, 2.75) is 65.0 Å². The number of aryl methyl sites for hydroxylation is 1. The summed E-state index contributed by atoms with van der Waals surface area (Å²) in [6.45, 7) is 8.02. The Hall–Kier alpha value is -2.14. The Labute approximate surface area is 163 Å². The number of carbonyl (C=O) groups is 1. The molecule has 0 saturated carbocycles. The van der Waals surface area contributed by atoms with Crippen molar-refractivity contribution in [1.29, 1.82) is 0 Å². The third-order valence-corrected chi connectivity index (χ3v) is 5.25. The zero-order valence-corrected chi connectivity index (χ0v) is 17.2. The van der Waals surface area contributed by atoms with Gasteiger partial charge in [0.2, 0.25) is 5.91 Å². The van der Waals surface area contributed by atoms with Crippen molar-refractivity contribution >= 4 is 11.6 Å². The second-order valence-electron chi connectivity index (χ2n) is 7.29. The van der Waals surface area contributed by atoms with Gasteiger partial charge >= 0.3 is 0 Å². The summed E-state index contributed by atoms with van der Waals surface area (Å²) >= 11 is 0. The van der Waals surface area contributed by atoms with Crippen molar-refractivity contribution in [1.82, 2.24) is 14.9 Å². The number of aromatic nitrogens is 2. The molecule has 0 aliphatic rings. The Morgan fingerprint density at radius 1 is 1.19 bits per heavy atom. The van der Waals surface area contributed by atoms with Gasteiger partial charge in [-0.3, -0.25) is 4.79 Å². The molecule has 1 heterocycles. The monoisotopic (exact) mass is 370 g/mol. The molecule has 1 amide bonds. The Bertz CT molecular complexity index is 673. The molecular weight excluding hydrogens is 336 g/mol. The minimum Gasteiger partial charge on any atom is -0.337 e. The van der Waals surface area contributed by atoms with Crippen molar-refractivity contribution in [3.63, 3.8) is 0 Å². The summed E-state index contributed by atoms with van der Waals surface area (Å²) in [5.41, 5.74) is 2.24. The second-order valence-corrected chi connectivity index (χ2v) is 7.29. The van der Waals surface area contributed by atoms with Gasteiger partial charge < -0.3 is 14.8 Å². The van der Waals surface area contributed by atoms with Crippen molar-refractivity contribution in [2.75, 3.05) is 18.5 Å². The van der Waals surface area contributed by atoms with Crippen LogP contribution in [0.2, 0.25) is 0 Å². The third-order valence-electron chi connectivity index (χ3n) is 5.25. The maximum atomic E-state index is 11.6. The van der Waals surface area contributed by atoms with E-state index < -0.39 is 0 Å². The molecule has 5 nitrogen and oxygen atoms in total. The number of amides is 1. The third kappa shape index (κ3) is 5.67. The summed E-state index contributed by atoms with van der Waals surface area (Å²) < 4.78 is 2.12. The molecule has 0 atom stereocenters. The number of hydrogen-bond acceptors (Lipinski definition) is 3. The van der Waals surface area contributed by atoms with Gasteiger partial charge in [0, 0.05) is 44.1 Å². The van der Waals surface area contributed by atoms with E-state index in [0.717, 1.165) is 50.9 Å². The highest BCUT2D eigenvalue weighted by atomic mass is 16.2. The number of carbonyl (C=O) groups excluding carboxylic acids is 1. The van der Waals surface area contributed by atoms with Gasteiger partial charge in [-0.25, -0.2) is 4.98 Å². The maximum Gasteiger partial charge on any atom is 0.223 e. The number of nitrogens with one attached hydrogen (secondary N) is 1. The smallest absolute Gasteiger partial charge is 0.223 e. The van der Waals surface area contributed by atoms with Crippen LogP contribution >= 0.6 is 0 Å². The summed E-state index contributed by atoms with van der Waals surface area (Å²) in [5, 5.41) is 3.87. The summed E-state index contributed by atoms with van der Waals surface area (Å²) in [4.78, 5) is 17.4. The van der Waals surface area contributed by atoms with Crippen LogP contribution in [0.4, 0.5) is 5.69 Å². The van der Waals surface area contributed by atoms with E-state index in [4.69, 9.17) is 0 Å². The molecule has 1 N–H and O–H groups in total. The standard InChI is InChI=1S/C22H34N4O/c1-5-12-22(13-6-2,24-14-7-16-26-17-15-23-18-26)20-8-10-21(11-9-20)25(4)19(3)27/h8-11,15,17-18,24H,5-7,12-14,16H2,1-4H3. The van der Waals surface area contributed by atoms with E-state index in [-0.39, 0.29) is 11.4 Å². The highest BCUT2D eigenvalue weighted by molar-refractivity contribution is 5.90. The molecule has 1 aromatic heterocycles. The van der Waals surface area contributed by atoms with Gasteiger partial charge in [0.25, 0.3) is 0 Å². The van der Waals surface area contributed by atoms with E-state index in [0.29, 0.717) is 0 Å². The van der Waals surface area contributed by atoms with Gasteiger partial charge in [0.1, 0.15) is 0 Å². The van der Waals surface area contributed by atoms with E-state index in [1.165, 1.54) is 5.56 Å². The molecule has 2 rings (SSSR count). The number of benzene rings is 1. The van der Waals surface area contributed by atoms with Crippen LogP contribution in [0.5, 0.6) is 0 Å². The first-order valence-corrected chi connectivity index (χ1v) is 10.1. The van der Waals surface area contributed by atoms with Gasteiger partial charge in [0.05, 0.1) is 6.33 Å². The molecular formula is C22H34N4O. The number of nitrogens with zero attached hydrogens (tertiary/aromatic N) is 3. The van der Waals surface area contributed by atoms with Crippen LogP contribution in [-0.2, 0) is 16.9 Å². The van der Waals surface area contributed by atoms with E-state index in [2.05, 4.69) is 53.0 Å². The average molecular weight is 371 g/mol. The van der Waals surface area contributed by atoms with Crippen LogP contribution in [0.15, 0.2) is 43.0 Å². The normalized spacial score (nSPS) is 11.6. The Balaban J connectivity index is 2.12. The molecule has 0 fully saturated rings. The van der Waals surface area contributed by atoms with Crippen LogP contribution in [0, 0.1) is 0 Å². The fraction of sp³-hybridized carbons (Fsp3) is 0.545. The van der Waals surface area contributed by atoms with Crippen LogP contribution < -0.4 is 10.2 Å². The summed E-state index contributed by atoms with van der Waals surface area (Å²) in [7, 11) is 1.82. The molecule has 27 heavy (non-hydrogen) atoms. The summed E-state index contributed by atoms with van der Waals surface area (Å²) in [5.74, 6) is 0.0498. The van der Waals surface area contributed by atoms with E-state index >= 15 is 0 Å². The first-order chi connectivity index (χ1) is 13.0. The Morgan fingerprint density at radius 2 is 1.85 bits per heavy atom. The predicted octanol–water partition coefficient (Wildman–Crippen LogP) is 4.34. The predicted molar refractivity (Wildman–Crippen MR) is 112 cm³/mol. The van der Waals surface area contributed by atoms with Crippen LogP contribution in [-0.4, -0.2) is 29.1 Å². The van der Waals surface area contributed by atoms with Gasteiger partial charge in [-0.15, -0.1) is 0 Å². The lowest BCUT2D eigenvalue weighted by molar-refractivity contribution is -0.116. The fourth-order valence-electron chi connectivity index (χ4n) is 3.74. The van der Waals surface area contributed by atoms with E-state index in [9.17, 15) is 4.79 Å². The first-order valence-electron chi connectivity index (χ1n) is 10.1. The average Bonchev–Trinajstić information content (AvgIpc) is 3.18. The van der Waals surface area contributed by atoms with Crippen molar-refractivity contribution in [3.05, 3.63) is 48.5 Å². The molecule has 0 aliphatic carbocycles. The molecule has 0 saturated heterocycles. The topological polar surface area (TPSA) is 50.2 Å². The first kappa shape index (κ1) is 21.2. The van der Waals surface area contributed by atoms with Gasteiger partial charge in [-0.05, 0) is 43.5 Å². The molecule has 0 bridgehead atoms. The van der Waals surface area contributed by atoms with Crippen LogP contribution in [0.1, 0.15) is 58.4 Å². The Morgan fingerprint density at radius 3 is 2.37 bits per heavy atom. The second kappa shape index (κ2) is 10.3. The molecule has 0 spiro atoms. The minimum absolute atomic E-state index is 0.00817. The molecule has 0 aliphatic heterocycles. The molecule has 5 heteroatoms. The zero-order chi connectivity index (χ0) is 19.7. The van der Waals surface area contributed by atoms with E-state index in [1.54, 1.807) is 11.8 Å². The quantitative estimate of drug-likeness (QED) is 0.599. The largest absolute Gasteiger partial charge is 0.337 e. The lowest BCUT2D eigenvalue weighted by Gasteiger charge is -2.36. The summed E-state index contributed by atoms with van der Waals surface area (Å²) in [6.07, 6.45) is 11.2. The SMILES string of the molecule is CCCC(CCC)(NCCCn1ccnc1)c1ccc(N(C)C(C)=O)cc1. The molecule has 0 unspecified atom stereocenters. The molecule has 2 aromatic rings. The fourth-order valence-corrected chi connectivity index (χ4v) is 3.74. The highest BCUT2D eigenvalue weighted by Crippen LogP contribution is 2.33. The minimum atomic E-state index is -0.00817. The lowest BCUT2D eigenvalue weighted by atomic mass is 9.81.